The van der Waals surface area contributed by atoms with Crippen LogP contribution in [0.15, 0.2) is 0 Å². The van der Waals surface area contributed by atoms with E-state index in [9.17, 15) is 4.21 Å². The van der Waals surface area contributed by atoms with Crippen molar-refractivity contribution < 1.29 is 4.21 Å². The first-order valence-corrected chi connectivity index (χ1v) is 10.2. The number of rotatable bonds is 4. The molecule has 0 N–H and O–H groups in total. The number of nitrogens with zero attached hydrogens (tertiary/aromatic N) is 2. The van der Waals surface area contributed by atoms with Crippen LogP contribution in [0.4, 0.5) is 0 Å². The topological polar surface area (TPSA) is 23.6 Å². The quantitative estimate of drug-likeness (QED) is 0.743. The van der Waals surface area contributed by atoms with Gasteiger partial charge in [0.15, 0.2) is 0 Å². The van der Waals surface area contributed by atoms with E-state index in [1.807, 2.05) is 0 Å². The third-order valence-electron chi connectivity index (χ3n) is 4.76. The van der Waals surface area contributed by atoms with Crippen molar-refractivity contribution >= 4 is 15.6 Å². The zero-order valence-corrected chi connectivity index (χ0v) is 16.2. The molecule has 0 spiro atoms. The van der Waals surface area contributed by atoms with Crippen molar-refractivity contribution in [3.63, 3.8) is 0 Å². The van der Waals surface area contributed by atoms with Crippen LogP contribution in [-0.2, 0) is 9.71 Å². The van der Waals surface area contributed by atoms with Gasteiger partial charge in [-0.15, -0.1) is 0 Å². The predicted molar refractivity (Wildman–Crippen MR) is 96.3 cm³/mol. The number of hydrogen-bond acceptors (Lipinski definition) is 2. The van der Waals surface area contributed by atoms with E-state index in [0.717, 1.165) is 13.1 Å². The first kappa shape index (κ1) is 19.0. The molecule has 0 aromatic heterocycles. The Balaban J connectivity index is 2.94. The molecule has 0 radical (unpaired) electrons. The Kier molecular flexibility index (Phi) is 5.61. The molecule has 0 saturated carbocycles. The monoisotopic (exact) mass is 316 g/mol. The molecule has 126 valence electrons. The molecular formula is C17H36N2OS. The fourth-order valence-electron chi connectivity index (χ4n) is 3.26. The summed E-state index contributed by atoms with van der Waals surface area (Å²) in [5.41, 5.74) is 0.153. The van der Waals surface area contributed by atoms with Crippen LogP contribution >= 0.6 is 0 Å². The van der Waals surface area contributed by atoms with E-state index >= 15 is 0 Å². The molecule has 4 heteroatoms. The van der Waals surface area contributed by atoms with Gasteiger partial charge in [-0.1, -0.05) is 20.8 Å². The van der Waals surface area contributed by atoms with Gasteiger partial charge in [0, 0.05) is 40.1 Å². The zero-order valence-electron chi connectivity index (χ0n) is 15.4. The molecule has 3 nitrogen and oxygen atoms in total. The highest BCUT2D eigenvalue weighted by Gasteiger charge is 2.37. The summed E-state index contributed by atoms with van der Waals surface area (Å²) in [6.45, 7) is 17.6. The predicted octanol–water partition coefficient (Wildman–Crippen LogP) is 3.25. The summed E-state index contributed by atoms with van der Waals surface area (Å²) in [5, 5.41) is 0. The molecule has 1 rings (SSSR count). The lowest BCUT2D eigenvalue weighted by Gasteiger charge is -2.43. The van der Waals surface area contributed by atoms with Crippen molar-refractivity contribution in [1.82, 2.24) is 9.21 Å². The summed E-state index contributed by atoms with van der Waals surface area (Å²) in [6, 6.07) is 1.02. The second kappa shape index (κ2) is 6.21. The third kappa shape index (κ3) is 4.97. The van der Waals surface area contributed by atoms with Gasteiger partial charge < -0.3 is 0 Å². The molecule has 0 aromatic rings. The Morgan fingerprint density at radius 1 is 1.29 bits per heavy atom. The summed E-state index contributed by atoms with van der Waals surface area (Å²) < 4.78 is 14.7. The van der Waals surface area contributed by atoms with Crippen molar-refractivity contribution in [2.45, 2.75) is 78.9 Å². The fraction of sp³-hybridized carbons (Fsp3) is 0.941. The number of likely N-dealkylation sites (tertiary alicyclic amines) is 1. The van der Waals surface area contributed by atoms with Gasteiger partial charge in [0.25, 0.3) is 0 Å². The minimum Gasteiger partial charge on any atom is -0.296 e. The lowest BCUT2D eigenvalue weighted by atomic mass is 9.86. The Labute approximate surface area is 133 Å². The summed E-state index contributed by atoms with van der Waals surface area (Å²) in [4.78, 5) is 2.62. The molecule has 0 amide bonds. The molecule has 0 aromatic carbocycles. The zero-order chi connectivity index (χ0) is 16.6. The van der Waals surface area contributed by atoms with Gasteiger partial charge in [0.1, 0.15) is 0 Å². The summed E-state index contributed by atoms with van der Waals surface area (Å²) >= 11 is 0. The molecule has 21 heavy (non-hydrogen) atoms. The SMILES string of the molecule is C=S(C)(=O)N(C[C@H]1CCCN1[C@@H](C)C(C)(C)C)C(C)(C)C. The normalized spacial score (nSPS) is 26.0. The summed E-state index contributed by atoms with van der Waals surface area (Å²) in [6.07, 6.45) is 4.21. The van der Waals surface area contributed by atoms with Gasteiger partial charge in [-0.2, -0.15) is 0 Å². The maximum Gasteiger partial charge on any atom is 0.0269 e. The summed E-state index contributed by atoms with van der Waals surface area (Å²) in [7, 11) is -2.19. The van der Waals surface area contributed by atoms with Crippen molar-refractivity contribution in [3.8, 4) is 0 Å². The van der Waals surface area contributed by atoms with Gasteiger partial charge in [0.05, 0.1) is 0 Å². The highest BCUT2D eigenvalue weighted by Crippen LogP contribution is 2.32. The van der Waals surface area contributed by atoms with Gasteiger partial charge in [-0.05, 0) is 58.4 Å². The van der Waals surface area contributed by atoms with Crippen LogP contribution in [0.3, 0.4) is 0 Å². The summed E-state index contributed by atoms with van der Waals surface area (Å²) in [5.74, 6) is 3.93. The van der Waals surface area contributed by atoms with Gasteiger partial charge in [-0.25, -0.2) is 4.31 Å². The van der Waals surface area contributed by atoms with E-state index in [4.69, 9.17) is 0 Å². The van der Waals surface area contributed by atoms with Gasteiger partial charge >= 0.3 is 0 Å². The molecule has 1 fully saturated rings. The number of hydrogen-bond donors (Lipinski definition) is 0. The Hall–Kier alpha value is -0.0600. The second-order valence-corrected chi connectivity index (χ2v) is 11.1. The van der Waals surface area contributed by atoms with E-state index in [1.165, 1.54) is 12.8 Å². The highest BCUT2D eigenvalue weighted by molar-refractivity contribution is 7.97. The molecular weight excluding hydrogens is 280 g/mol. The van der Waals surface area contributed by atoms with Crippen molar-refractivity contribution in [2.24, 2.45) is 5.41 Å². The van der Waals surface area contributed by atoms with Crippen LogP contribution in [0, 0.1) is 5.41 Å². The van der Waals surface area contributed by atoms with E-state index in [-0.39, 0.29) is 11.0 Å². The smallest absolute Gasteiger partial charge is 0.0269 e. The van der Waals surface area contributed by atoms with E-state index in [1.54, 1.807) is 6.26 Å². The standard InChI is InChI=1S/C17H36N2OS/c1-14(16(2,3)4)18-12-10-11-15(18)13-19(17(5,6)7)21(8,9)20/h14-15H,8,10-13H2,1-7,9H3/t14-,15+,21?/m0/s1. The highest BCUT2D eigenvalue weighted by atomic mass is 32.2. The van der Waals surface area contributed by atoms with E-state index in [0.29, 0.717) is 12.1 Å². The minimum absolute atomic E-state index is 0.118. The van der Waals surface area contributed by atoms with Crippen molar-refractivity contribution in [3.05, 3.63) is 0 Å². The van der Waals surface area contributed by atoms with Crippen molar-refractivity contribution in [2.75, 3.05) is 19.3 Å². The molecule has 1 aliphatic rings. The van der Waals surface area contributed by atoms with Crippen LogP contribution in [0.25, 0.3) is 0 Å². The first-order valence-electron chi connectivity index (χ1n) is 8.10. The molecule has 1 unspecified atom stereocenters. The second-order valence-electron chi connectivity index (χ2n) is 8.77. The van der Waals surface area contributed by atoms with Gasteiger partial charge in [0.2, 0.25) is 0 Å². The minimum atomic E-state index is -2.19. The maximum absolute atomic E-state index is 12.6. The largest absolute Gasteiger partial charge is 0.296 e. The molecule has 1 heterocycles. The van der Waals surface area contributed by atoms with Crippen LogP contribution in [-0.4, -0.2) is 56.3 Å². The van der Waals surface area contributed by atoms with E-state index in [2.05, 4.69) is 63.5 Å². The maximum atomic E-state index is 12.6. The lowest BCUT2D eigenvalue weighted by molar-refractivity contribution is 0.0820. The molecule has 0 aliphatic carbocycles. The molecule has 1 saturated heterocycles. The molecule has 0 bridgehead atoms. The average molecular weight is 317 g/mol. The van der Waals surface area contributed by atoms with Crippen LogP contribution in [0.1, 0.15) is 61.3 Å². The fourth-order valence-corrected chi connectivity index (χ4v) is 4.91. The average Bonchev–Trinajstić information content (AvgIpc) is 2.67. The Bertz CT molecular complexity index is 442. The third-order valence-corrected chi connectivity index (χ3v) is 6.39. The Morgan fingerprint density at radius 3 is 2.19 bits per heavy atom. The van der Waals surface area contributed by atoms with Crippen LogP contribution in [0.2, 0.25) is 0 Å². The van der Waals surface area contributed by atoms with Gasteiger partial charge in [-0.3, -0.25) is 9.11 Å². The molecule has 1 aliphatic heterocycles. The molecule has 3 atom stereocenters. The van der Waals surface area contributed by atoms with Crippen molar-refractivity contribution in [1.29, 1.82) is 0 Å². The van der Waals surface area contributed by atoms with E-state index < -0.39 is 9.71 Å². The lowest BCUT2D eigenvalue weighted by Crippen LogP contribution is -2.53. The van der Waals surface area contributed by atoms with Crippen LogP contribution < -0.4 is 0 Å². The Morgan fingerprint density at radius 2 is 1.81 bits per heavy atom. The first-order chi connectivity index (χ1) is 9.24. The van der Waals surface area contributed by atoms with Crippen LogP contribution in [0.5, 0.6) is 0 Å².